The Hall–Kier alpha value is -1.61. The maximum Gasteiger partial charge on any atom is 0.0624 e. The molecule has 0 spiro atoms. The average Bonchev–Trinajstić information content (AvgIpc) is 2.77. The van der Waals surface area contributed by atoms with Gasteiger partial charge in [0.05, 0.1) is 5.69 Å². The lowest BCUT2D eigenvalue weighted by molar-refractivity contribution is 0.558. The Labute approximate surface area is 122 Å². The smallest absolute Gasteiger partial charge is 0.0624 e. The minimum atomic E-state index is 0.329. The number of rotatable bonds is 5. The summed E-state index contributed by atoms with van der Waals surface area (Å²) in [5, 5.41) is 7.98. The first-order chi connectivity index (χ1) is 9.55. The van der Waals surface area contributed by atoms with Crippen molar-refractivity contribution in [3.05, 3.63) is 52.3 Å². The van der Waals surface area contributed by atoms with E-state index in [0.29, 0.717) is 6.04 Å². The van der Waals surface area contributed by atoms with Gasteiger partial charge < -0.3 is 5.32 Å². The molecule has 3 heteroatoms. The summed E-state index contributed by atoms with van der Waals surface area (Å²) in [5.74, 6) is 0. The van der Waals surface area contributed by atoms with E-state index >= 15 is 0 Å². The van der Waals surface area contributed by atoms with E-state index in [9.17, 15) is 0 Å². The number of aromatic nitrogens is 2. The Morgan fingerprint density at radius 3 is 2.55 bits per heavy atom. The zero-order valence-corrected chi connectivity index (χ0v) is 13.2. The first-order valence-electron chi connectivity index (χ1n) is 7.31. The van der Waals surface area contributed by atoms with Gasteiger partial charge in [0.2, 0.25) is 0 Å². The standard InChI is InChI=1S/C17H25N3/c1-6-14-10-15(20(5)19-14)11-17(18-4)16-8-7-12(2)9-13(16)3/h7-10,17-18H,6,11H2,1-5H3. The molecule has 0 amide bonds. The van der Waals surface area contributed by atoms with Crippen LogP contribution in [0.2, 0.25) is 0 Å². The molecule has 1 unspecified atom stereocenters. The molecule has 0 aliphatic heterocycles. The van der Waals surface area contributed by atoms with Crippen molar-refractivity contribution in [3.8, 4) is 0 Å². The van der Waals surface area contributed by atoms with Crippen LogP contribution in [0.15, 0.2) is 24.3 Å². The van der Waals surface area contributed by atoms with Gasteiger partial charge >= 0.3 is 0 Å². The molecular weight excluding hydrogens is 246 g/mol. The monoisotopic (exact) mass is 271 g/mol. The van der Waals surface area contributed by atoms with Crippen molar-refractivity contribution in [1.82, 2.24) is 15.1 Å². The second-order valence-electron chi connectivity index (χ2n) is 5.51. The van der Waals surface area contributed by atoms with Crippen LogP contribution in [-0.4, -0.2) is 16.8 Å². The Morgan fingerprint density at radius 2 is 2.00 bits per heavy atom. The Bertz CT molecular complexity index is 584. The van der Waals surface area contributed by atoms with Gasteiger partial charge in [-0.1, -0.05) is 30.7 Å². The molecule has 1 aromatic heterocycles. The van der Waals surface area contributed by atoms with E-state index in [4.69, 9.17) is 0 Å². The minimum absolute atomic E-state index is 0.329. The summed E-state index contributed by atoms with van der Waals surface area (Å²) in [6, 6.07) is 9.22. The van der Waals surface area contributed by atoms with Gasteiger partial charge in [0.15, 0.2) is 0 Å². The number of hydrogen-bond acceptors (Lipinski definition) is 2. The van der Waals surface area contributed by atoms with E-state index in [1.165, 1.54) is 22.4 Å². The second kappa shape index (κ2) is 6.23. The molecule has 0 radical (unpaired) electrons. The van der Waals surface area contributed by atoms with Crippen molar-refractivity contribution in [2.24, 2.45) is 7.05 Å². The predicted octanol–water partition coefficient (Wildman–Crippen LogP) is 3.10. The number of aryl methyl sites for hydroxylation is 4. The Balaban J connectivity index is 2.26. The van der Waals surface area contributed by atoms with Crippen molar-refractivity contribution < 1.29 is 0 Å². The summed E-state index contributed by atoms with van der Waals surface area (Å²) in [5.41, 5.74) is 6.48. The summed E-state index contributed by atoms with van der Waals surface area (Å²) in [4.78, 5) is 0. The fraction of sp³-hybridized carbons (Fsp3) is 0.471. The largest absolute Gasteiger partial charge is 0.313 e. The van der Waals surface area contributed by atoms with Crippen LogP contribution in [0, 0.1) is 13.8 Å². The van der Waals surface area contributed by atoms with E-state index < -0.39 is 0 Å². The number of benzene rings is 1. The van der Waals surface area contributed by atoms with Gasteiger partial charge in [-0.3, -0.25) is 4.68 Å². The first kappa shape index (κ1) is 14.8. The van der Waals surface area contributed by atoms with Crippen molar-refractivity contribution >= 4 is 0 Å². The molecule has 1 N–H and O–H groups in total. The van der Waals surface area contributed by atoms with Crippen molar-refractivity contribution in [2.75, 3.05) is 7.05 Å². The van der Waals surface area contributed by atoms with Gasteiger partial charge in [-0.2, -0.15) is 5.10 Å². The summed E-state index contributed by atoms with van der Waals surface area (Å²) in [7, 11) is 4.06. The molecule has 2 rings (SSSR count). The molecule has 20 heavy (non-hydrogen) atoms. The molecule has 0 saturated heterocycles. The van der Waals surface area contributed by atoms with E-state index in [2.05, 4.69) is 55.5 Å². The van der Waals surface area contributed by atoms with Crippen molar-refractivity contribution in [2.45, 2.75) is 39.7 Å². The topological polar surface area (TPSA) is 29.9 Å². The number of nitrogens with zero attached hydrogens (tertiary/aromatic N) is 2. The molecule has 0 aliphatic rings. The van der Waals surface area contributed by atoms with Crippen molar-refractivity contribution in [1.29, 1.82) is 0 Å². The highest BCUT2D eigenvalue weighted by atomic mass is 15.3. The summed E-state index contributed by atoms with van der Waals surface area (Å²) >= 11 is 0. The normalized spacial score (nSPS) is 12.7. The van der Waals surface area contributed by atoms with Crippen LogP contribution in [0.25, 0.3) is 0 Å². The molecule has 1 atom stereocenters. The Kier molecular flexibility index (Phi) is 4.61. The second-order valence-corrected chi connectivity index (χ2v) is 5.51. The van der Waals surface area contributed by atoms with E-state index in [1.807, 2.05) is 18.8 Å². The van der Waals surface area contributed by atoms with Crippen LogP contribution in [-0.2, 0) is 19.9 Å². The van der Waals surface area contributed by atoms with Gasteiger partial charge in [-0.15, -0.1) is 0 Å². The van der Waals surface area contributed by atoms with Crippen LogP contribution >= 0.6 is 0 Å². The van der Waals surface area contributed by atoms with Gasteiger partial charge in [0.25, 0.3) is 0 Å². The predicted molar refractivity (Wildman–Crippen MR) is 84.0 cm³/mol. The van der Waals surface area contributed by atoms with Crippen LogP contribution in [0.4, 0.5) is 0 Å². The third-order valence-electron chi connectivity index (χ3n) is 3.95. The van der Waals surface area contributed by atoms with E-state index in [1.54, 1.807) is 0 Å². The highest BCUT2D eigenvalue weighted by molar-refractivity contribution is 5.33. The minimum Gasteiger partial charge on any atom is -0.313 e. The van der Waals surface area contributed by atoms with Gasteiger partial charge in [0, 0.05) is 25.2 Å². The number of nitrogens with one attached hydrogen (secondary N) is 1. The van der Waals surface area contributed by atoms with Crippen LogP contribution < -0.4 is 5.32 Å². The lowest BCUT2D eigenvalue weighted by Gasteiger charge is -2.19. The zero-order valence-electron chi connectivity index (χ0n) is 13.2. The number of hydrogen-bond donors (Lipinski definition) is 1. The van der Waals surface area contributed by atoms with Gasteiger partial charge in [0.1, 0.15) is 0 Å². The zero-order chi connectivity index (χ0) is 14.7. The number of likely N-dealkylation sites (N-methyl/N-ethyl adjacent to an activating group) is 1. The molecule has 108 valence electrons. The fourth-order valence-corrected chi connectivity index (χ4v) is 2.73. The van der Waals surface area contributed by atoms with Crippen LogP contribution in [0.3, 0.4) is 0 Å². The maximum atomic E-state index is 4.54. The molecule has 0 fully saturated rings. The lowest BCUT2D eigenvalue weighted by atomic mass is 9.96. The average molecular weight is 271 g/mol. The molecule has 1 aromatic carbocycles. The molecule has 2 aromatic rings. The molecule has 0 bridgehead atoms. The maximum absolute atomic E-state index is 4.54. The summed E-state index contributed by atoms with van der Waals surface area (Å²) < 4.78 is 2.01. The molecule has 0 aliphatic carbocycles. The molecular formula is C17H25N3. The SMILES string of the molecule is CCc1cc(CC(NC)c2ccc(C)cc2C)n(C)n1. The highest BCUT2D eigenvalue weighted by Gasteiger charge is 2.15. The van der Waals surface area contributed by atoms with Crippen molar-refractivity contribution in [3.63, 3.8) is 0 Å². The highest BCUT2D eigenvalue weighted by Crippen LogP contribution is 2.22. The van der Waals surface area contributed by atoms with Crippen LogP contribution in [0.1, 0.15) is 41.0 Å². The van der Waals surface area contributed by atoms with E-state index in [-0.39, 0.29) is 0 Å². The van der Waals surface area contributed by atoms with Gasteiger partial charge in [-0.25, -0.2) is 0 Å². The Morgan fingerprint density at radius 1 is 1.25 bits per heavy atom. The molecule has 0 saturated carbocycles. The fourth-order valence-electron chi connectivity index (χ4n) is 2.73. The van der Waals surface area contributed by atoms with Gasteiger partial charge in [-0.05, 0) is 44.5 Å². The summed E-state index contributed by atoms with van der Waals surface area (Å²) in [6.07, 6.45) is 1.95. The lowest BCUT2D eigenvalue weighted by Crippen LogP contribution is -2.21. The van der Waals surface area contributed by atoms with Crippen LogP contribution in [0.5, 0.6) is 0 Å². The first-order valence-corrected chi connectivity index (χ1v) is 7.31. The third kappa shape index (κ3) is 3.10. The quantitative estimate of drug-likeness (QED) is 0.905. The molecule has 3 nitrogen and oxygen atoms in total. The summed E-state index contributed by atoms with van der Waals surface area (Å²) in [6.45, 7) is 6.47. The van der Waals surface area contributed by atoms with E-state index in [0.717, 1.165) is 18.5 Å². The molecule has 1 heterocycles. The third-order valence-corrected chi connectivity index (χ3v) is 3.95.